The summed E-state index contributed by atoms with van der Waals surface area (Å²) in [6, 6.07) is 4.11. The quantitative estimate of drug-likeness (QED) is 0.811. The predicted octanol–water partition coefficient (Wildman–Crippen LogP) is 2.54. The van der Waals surface area contributed by atoms with Gasteiger partial charge < -0.3 is 11.1 Å². The lowest BCUT2D eigenvalue weighted by Crippen LogP contribution is -2.29. The summed E-state index contributed by atoms with van der Waals surface area (Å²) >= 11 is 5.13. The second-order valence-corrected chi connectivity index (χ2v) is 6.57. The van der Waals surface area contributed by atoms with Crippen LogP contribution >= 0.6 is 27.3 Å². The Kier molecular flexibility index (Phi) is 6.77. The van der Waals surface area contributed by atoms with Crippen molar-refractivity contribution in [3.05, 3.63) is 20.8 Å². The Labute approximate surface area is 115 Å². The smallest absolute Gasteiger partial charge is 0.220 e. The molecule has 1 aromatic heterocycles. The minimum absolute atomic E-state index is 0.109. The van der Waals surface area contributed by atoms with Gasteiger partial charge in [-0.1, -0.05) is 13.3 Å². The molecule has 0 radical (unpaired) electrons. The van der Waals surface area contributed by atoms with Crippen LogP contribution in [0.1, 0.15) is 24.6 Å². The minimum atomic E-state index is 0.109. The summed E-state index contributed by atoms with van der Waals surface area (Å²) in [5.74, 6) is 0.420. The summed E-state index contributed by atoms with van der Waals surface area (Å²) in [6.45, 7) is 3.35. The summed E-state index contributed by atoms with van der Waals surface area (Å²) < 4.78 is 1.13. The Bertz CT molecular complexity index is 350. The molecule has 0 aliphatic heterocycles. The number of amides is 1. The molecule has 96 valence electrons. The molecule has 17 heavy (non-hydrogen) atoms. The zero-order valence-corrected chi connectivity index (χ0v) is 12.4. The van der Waals surface area contributed by atoms with Crippen molar-refractivity contribution in [2.24, 2.45) is 11.7 Å². The van der Waals surface area contributed by atoms with Crippen molar-refractivity contribution in [2.75, 3.05) is 13.1 Å². The highest BCUT2D eigenvalue weighted by Crippen LogP contribution is 2.22. The van der Waals surface area contributed by atoms with E-state index in [2.05, 4.69) is 34.2 Å². The molecular formula is C12H19BrN2OS. The fraction of sp³-hybridized carbons (Fsp3) is 0.583. The molecule has 0 aliphatic rings. The molecule has 5 heteroatoms. The van der Waals surface area contributed by atoms with Crippen molar-refractivity contribution < 1.29 is 4.79 Å². The summed E-state index contributed by atoms with van der Waals surface area (Å²) in [7, 11) is 0. The highest BCUT2D eigenvalue weighted by atomic mass is 79.9. The molecular weight excluding hydrogens is 300 g/mol. The van der Waals surface area contributed by atoms with E-state index in [4.69, 9.17) is 5.73 Å². The van der Waals surface area contributed by atoms with Crippen molar-refractivity contribution in [3.8, 4) is 0 Å². The fourth-order valence-corrected chi connectivity index (χ4v) is 3.02. The normalized spacial score (nSPS) is 12.4. The number of halogens is 1. The highest BCUT2D eigenvalue weighted by molar-refractivity contribution is 9.11. The maximum absolute atomic E-state index is 11.6. The number of thiophene rings is 1. The molecule has 1 aromatic rings. The molecule has 1 amide bonds. The van der Waals surface area contributed by atoms with Crippen LogP contribution in [0.5, 0.6) is 0 Å². The van der Waals surface area contributed by atoms with Crippen LogP contribution < -0.4 is 11.1 Å². The average molecular weight is 319 g/mol. The summed E-state index contributed by atoms with van der Waals surface area (Å²) in [6.07, 6.45) is 2.39. The molecule has 0 bridgehead atoms. The maximum Gasteiger partial charge on any atom is 0.220 e. The van der Waals surface area contributed by atoms with E-state index in [1.807, 2.05) is 6.07 Å². The van der Waals surface area contributed by atoms with Crippen LogP contribution in [0.2, 0.25) is 0 Å². The third-order valence-electron chi connectivity index (χ3n) is 2.71. The SMILES string of the molecule is CCC(CN)CC(=O)NCCc1ccc(Br)s1. The van der Waals surface area contributed by atoms with Crippen LogP contribution in [0.15, 0.2) is 15.9 Å². The van der Waals surface area contributed by atoms with E-state index in [9.17, 15) is 4.79 Å². The molecule has 1 heterocycles. The number of hydrogen-bond acceptors (Lipinski definition) is 3. The second kappa shape index (κ2) is 7.84. The van der Waals surface area contributed by atoms with E-state index >= 15 is 0 Å². The highest BCUT2D eigenvalue weighted by Gasteiger charge is 2.09. The average Bonchev–Trinajstić information content (AvgIpc) is 2.72. The molecule has 0 spiro atoms. The van der Waals surface area contributed by atoms with Gasteiger partial charge in [0, 0.05) is 17.8 Å². The second-order valence-electron chi connectivity index (χ2n) is 4.02. The first-order chi connectivity index (χ1) is 8.15. The van der Waals surface area contributed by atoms with Gasteiger partial charge in [-0.2, -0.15) is 0 Å². The number of carbonyl (C=O) groups is 1. The van der Waals surface area contributed by atoms with Crippen LogP contribution in [-0.4, -0.2) is 19.0 Å². The van der Waals surface area contributed by atoms with Crippen LogP contribution in [0.4, 0.5) is 0 Å². The lowest BCUT2D eigenvalue weighted by atomic mass is 10.0. The van der Waals surface area contributed by atoms with Gasteiger partial charge in [-0.3, -0.25) is 4.79 Å². The summed E-state index contributed by atoms with van der Waals surface area (Å²) in [5, 5.41) is 2.94. The minimum Gasteiger partial charge on any atom is -0.356 e. The van der Waals surface area contributed by atoms with E-state index < -0.39 is 0 Å². The van der Waals surface area contributed by atoms with Crippen LogP contribution in [0, 0.1) is 5.92 Å². The molecule has 3 nitrogen and oxygen atoms in total. The van der Waals surface area contributed by atoms with E-state index in [1.165, 1.54) is 4.88 Å². The zero-order chi connectivity index (χ0) is 12.7. The summed E-state index contributed by atoms with van der Waals surface area (Å²) in [4.78, 5) is 12.9. The third kappa shape index (κ3) is 5.66. The van der Waals surface area contributed by atoms with Gasteiger partial charge in [0.25, 0.3) is 0 Å². The maximum atomic E-state index is 11.6. The largest absolute Gasteiger partial charge is 0.356 e. The van der Waals surface area contributed by atoms with Gasteiger partial charge in [0.05, 0.1) is 3.79 Å². The molecule has 1 unspecified atom stereocenters. The number of hydrogen-bond donors (Lipinski definition) is 2. The standard InChI is InChI=1S/C12H19BrN2OS/c1-2-9(8-14)7-12(16)15-6-5-10-3-4-11(13)17-10/h3-4,9H,2,5-8,14H2,1H3,(H,15,16). The Morgan fingerprint density at radius 3 is 2.88 bits per heavy atom. The van der Waals surface area contributed by atoms with Gasteiger partial charge in [0.1, 0.15) is 0 Å². The molecule has 0 saturated carbocycles. The van der Waals surface area contributed by atoms with Gasteiger partial charge in [-0.25, -0.2) is 0 Å². The number of nitrogens with one attached hydrogen (secondary N) is 1. The molecule has 0 aromatic carbocycles. The van der Waals surface area contributed by atoms with Gasteiger partial charge in [-0.15, -0.1) is 11.3 Å². The topological polar surface area (TPSA) is 55.1 Å². The lowest BCUT2D eigenvalue weighted by molar-refractivity contribution is -0.121. The molecule has 3 N–H and O–H groups in total. The van der Waals surface area contributed by atoms with Gasteiger partial charge in [0.2, 0.25) is 5.91 Å². The van der Waals surface area contributed by atoms with E-state index in [0.717, 1.165) is 16.6 Å². The molecule has 0 aliphatic carbocycles. The van der Waals surface area contributed by atoms with Gasteiger partial charge in [-0.05, 0) is 46.9 Å². The van der Waals surface area contributed by atoms with Crippen LogP contribution in [0.3, 0.4) is 0 Å². The predicted molar refractivity (Wildman–Crippen MR) is 76.2 cm³/mol. The first-order valence-electron chi connectivity index (χ1n) is 5.86. The van der Waals surface area contributed by atoms with Crippen molar-refractivity contribution in [2.45, 2.75) is 26.2 Å². The fourth-order valence-electron chi connectivity index (χ4n) is 1.54. The monoisotopic (exact) mass is 318 g/mol. The Morgan fingerprint density at radius 1 is 1.59 bits per heavy atom. The molecule has 0 fully saturated rings. The Morgan fingerprint density at radius 2 is 2.35 bits per heavy atom. The van der Waals surface area contributed by atoms with E-state index in [-0.39, 0.29) is 5.91 Å². The van der Waals surface area contributed by atoms with Crippen molar-refractivity contribution in [1.82, 2.24) is 5.32 Å². The van der Waals surface area contributed by atoms with Crippen molar-refractivity contribution in [3.63, 3.8) is 0 Å². The van der Waals surface area contributed by atoms with Crippen molar-refractivity contribution in [1.29, 1.82) is 0 Å². The Hall–Kier alpha value is -0.390. The van der Waals surface area contributed by atoms with Gasteiger partial charge >= 0.3 is 0 Å². The van der Waals surface area contributed by atoms with E-state index in [0.29, 0.717) is 25.4 Å². The zero-order valence-electron chi connectivity index (χ0n) is 10.0. The number of carbonyl (C=O) groups excluding carboxylic acids is 1. The lowest BCUT2D eigenvalue weighted by Gasteiger charge is -2.11. The van der Waals surface area contributed by atoms with Crippen LogP contribution in [-0.2, 0) is 11.2 Å². The van der Waals surface area contributed by atoms with E-state index in [1.54, 1.807) is 11.3 Å². The van der Waals surface area contributed by atoms with Crippen LogP contribution in [0.25, 0.3) is 0 Å². The number of nitrogens with two attached hydrogens (primary N) is 1. The molecule has 1 rings (SSSR count). The molecule has 1 atom stereocenters. The van der Waals surface area contributed by atoms with Crippen molar-refractivity contribution >= 4 is 33.2 Å². The molecule has 0 saturated heterocycles. The number of rotatable bonds is 7. The summed E-state index contributed by atoms with van der Waals surface area (Å²) in [5.41, 5.74) is 5.57. The first kappa shape index (κ1) is 14.7. The first-order valence-corrected chi connectivity index (χ1v) is 7.47. The van der Waals surface area contributed by atoms with Gasteiger partial charge in [0.15, 0.2) is 0 Å². The third-order valence-corrected chi connectivity index (χ3v) is 4.39. The Balaban J connectivity index is 2.20.